The molecule has 0 bridgehead atoms. The minimum absolute atomic E-state index is 0.345. The van der Waals surface area contributed by atoms with Crippen molar-refractivity contribution in [1.82, 2.24) is 24.0 Å². The molecule has 0 saturated carbocycles. The number of nitrogens with one attached hydrogen (secondary N) is 1. The van der Waals surface area contributed by atoms with Gasteiger partial charge in [0.2, 0.25) is 5.95 Å². The van der Waals surface area contributed by atoms with Crippen LogP contribution in [0.15, 0.2) is 20.7 Å². The fraction of sp³-hybridized carbons (Fsp3) is 0.533. The van der Waals surface area contributed by atoms with E-state index in [1.54, 1.807) is 14.0 Å². The first kappa shape index (κ1) is 16.8. The van der Waals surface area contributed by atoms with E-state index in [-0.39, 0.29) is 11.2 Å². The number of anilines is 1. The van der Waals surface area contributed by atoms with Crippen molar-refractivity contribution >= 4 is 28.7 Å². The van der Waals surface area contributed by atoms with Crippen LogP contribution < -0.4 is 21.5 Å². The Morgan fingerprint density at radius 1 is 1.25 bits per heavy atom. The Labute approximate surface area is 144 Å². The van der Waals surface area contributed by atoms with Crippen molar-refractivity contribution in [3.8, 4) is 0 Å². The van der Waals surface area contributed by atoms with E-state index in [1.165, 1.54) is 11.6 Å². The molecule has 3 heterocycles. The quantitative estimate of drug-likeness (QED) is 0.840. The number of piperazine rings is 1. The third kappa shape index (κ3) is 2.76. The summed E-state index contributed by atoms with van der Waals surface area (Å²) in [5.74, 6) is 0.693. The molecule has 0 unspecified atom stereocenters. The Bertz CT molecular complexity index is 913. The summed E-state index contributed by atoms with van der Waals surface area (Å²) in [7, 11) is 3.11. The van der Waals surface area contributed by atoms with E-state index in [1.807, 2.05) is 10.6 Å². The van der Waals surface area contributed by atoms with E-state index < -0.39 is 0 Å². The largest absolute Gasteiger partial charge is 0.340 e. The van der Waals surface area contributed by atoms with E-state index in [9.17, 15) is 9.59 Å². The van der Waals surface area contributed by atoms with Gasteiger partial charge < -0.3 is 14.8 Å². The maximum Gasteiger partial charge on any atom is 0.332 e. The molecule has 130 valence electrons. The van der Waals surface area contributed by atoms with Gasteiger partial charge in [-0.3, -0.25) is 13.9 Å². The maximum absolute atomic E-state index is 12.7. The molecule has 0 aliphatic carbocycles. The van der Waals surface area contributed by atoms with Crippen molar-refractivity contribution in [2.45, 2.75) is 13.5 Å². The SMILES string of the molecule is C/C(Cl)=C/Cn1c(N2CCNCC2)nc2c1c(=O)n(C)c(=O)n2C. The third-order valence-electron chi connectivity index (χ3n) is 4.28. The summed E-state index contributed by atoms with van der Waals surface area (Å²) < 4.78 is 4.36. The summed E-state index contributed by atoms with van der Waals surface area (Å²) in [6.45, 7) is 5.51. The van der Waals surface area contributed by atoms with Gasteiger partial charge in [-0.1, -0.05) is 17.7 Å². The molecule has 0 spiro atoms. The lowest BCUT2D eigenvalue weighted by molar-refractivity contribution is 0.572. The first-order chi connectivity index (χ1) is 11.4. The number of rotatable bonds is 3. The van der Waals surface area contributed by atoms with Crippen molar-refractivity contribution in [3.63, 3.8) is 0 Å². The molecule has 0 aromatic carbocycles. The molecular formula is C15H21ClN6O2. The van der Waals surface area contributed by atoms with Crippen LogP contribution in [0.4, 0.5) is 5.95 Å². The van der Waals surface area contributed by atoms with E-state index in [0.29, 0.717) is 28.7 Å². The van der Waals surface area contributed by atoms with Crippen LogP contribution in [0.25, 0.3) is 11.2 Å². The molecule has 8 nitrogen and oxygen atoms in total. The Morgan fingerprint density at radius 2 is 1.92 bits per heavy atom. The van der Waals surface area contributed by atoms with Crippen LogP contribution in [0.3, 0.4) is 0 Å². The Morgan fingerprint density at radius 3 is 2.54 bits per heavy atom. The highest BCUT2D eigenvalue weighted by Crippen LogP contribution is 2.20. The first-order valence-corrected chi connectivity index (χ1v) is 8.23. The van der Waals surface area contributed by atoms with Crippen LogP contribution in [-0.4, -0.2) is 44.9 Å². The predicted molar refractivity (Wildman–Crippen MR) is 94.9 cm³/mol. The molecule has 1 fully saturated rings. The molecule has 9 heteroatoms. The van der Waals surface area contributed by atoms with E-state index in [4.69, 9.17) is 11.6 Å². The molecule has 1 saturated heterocycles. The summed E-state index contributed by atoms with van der Waals surface area (Å²) in [4.78, 5) is 31.6. The Kier molecular flexibility index (Phi) is 4.51. The summed E-state index contributed by atoms with van der Waals surface area (Å²) in [6, 6.07) is 0. The van der Waals surface area contributed by atoms with Crippen molar-refractivity contribution in [1.29, 1.82) is 0 Å². The molecule has 0 atom stereocenters. The third-order valence-corrected chi connectivity index (χ3v) is 4.44. The molecule has 0 amide bonds. The zero-order valence-electron chi connectivity index (χ0n) is 14.0. The van der Waals surface area contributed by atoms with Gasteiger partial charge in [-0.15, -0.1) is 0 Å². The summed E-state index contributed by atoms with van der Waals surface area (Å²) in [6.07, 6.45) is 1.83. The molecule has 1 N–H and O–H groups in total. The summed E-state index contributed by atoms with van der Waals surface area (Å²) in [5.41, 5.74) is 0.0928. The number of aryl methyl sites for hydroxylation is 1. The Balaban J connectivity index is 2.30. The second kappa shape index (κ2) is 6.45. The minimum Gasteiger partial charge on any atom is -0.340 e. The number of imidazole rings is 1. The fourth-order valence-corrected chi connectivity index (χ4v) is 3.00. The van der Waals surface area contributed by atoms with Crippen LogP contribution >= 0.6 is 11.6 Å². The lowest BCUT2D eigenvalue weighted by Crippen LogP contribution is -2.44. The number of halogens is 1. The maximum atomic E-state index is 12.7. The number of nitrogens with zero attached hydrogens (tertiary/aromatic N) is 5. The monoisotopic (exact) mass is 352 g/mol. The van der Waals surface area contributed by atoms with Gasteiger partial charge in [-0.2, -0.15) is 4.98 Å². The second-order valence-electron chi connectivity index (χ2n) is 5.93. The molecule has 1 aliphatic heterocycles. The number of aromatic nitrogens is 4. The van der Waals surface area contributed by atoms with Gasteiger partial charge in [-0.05, 0) is 6.92 Å². The average Bonchev–Trinajstić information content (AvgIpc) is 2.96. The number of fused-ring (bicyclic) bond motifs is 1. The topological polar surface area (TPSA) is 77.1 Å². The first-order valence-electron chi connectivity index (χ1n) is 7.86. The highest BCUT2D eigenvalue weighted by Gasteiger charge is 2.23. The van der Waals surface area contributed by atoms with E-state index in [0.717, 1.165) is 30.7 Å². The molecule has 0 radical (unpaired) electrons. The zero-order valence-corrected chi connectivity index (χ0v) is 14.8. The fourth-order valence-electron chi connectivity index (χ4n) is 2.93. The van der Waals surface area contributed by atoms with Gasteiger partial charge in [0, 0.05) is 51.9 Å². The normalized spacial score (nSPS) is 16.2. The number of hydrogen-bond donors (Lipinski definition) is 1. The lowest BCUT2D eigenvalue weighted by atomic mass is 10.4. The second-order valence-corrected chi connectivity index (χ2v) is 6.52. The standard InChI is InChI=1S/C15H21ClN6O2/c1-10(16)4-7-22-11-12(19(2)15(24)20(3)13(11)23)18-14(22)21-8-5-17-6-9-21/h4,17H,5-9H2,1-3H3/b10-4-. The van der Waals surface area contributed by atoms with Crippen LogP contribution in [-0.2, 0) is 20.6 Å². The number of hydrogen-bond acceptors (Lipinski definition) is 5. The van der Waals surface area contributed by atoms with Crippen LogP contribution in [0.1, 0.15) is 6.92 Å². The van der Waals surface area contributed by atoms with Gasteiger partial charge >= 0.3 is 5.69 Å². The van der Waals surface area contributed by atoms with Crippen molar-refractivity contribution in [3.05, 3.63) is 31.9 Å². The molecule has 2 aromatic heterocycles. The van der Waals surface area contributed by atoms with Gasteiger partial charge in [0.05, 0.1) is 0 Å². The van der Waals surface area contributed by atoms with Crippen LogP contribution in [0.5, 0.6) is 0 Å². The van der Waals surface area contributed by atoms with Gasteiger partial charge in [0.15, 0.2) is 11.2 Å². The van der Waals surface area contributed by atoms with E-state index >= 15 is 0 Å². The molecule has 3 rings (SSSR count). The van der Waals surface area contributed by atoms with Crippen LogP contribution in [0, 0.1) is 0 Å². The smallest absolute Gasteiger partial charge is 0.332 e. The van der Waals surface area contributed by atoms with Crippen LogP contribution in [0.2, 0.25) is 0 Å². The highest BCUT2D eigenvalue weighted by atomic mass is 35.5. The minimum atomic E-state index is -0.381. The molecule has 1 aliphatic rings. The van der Waals surface area contributed by atoms with Crippen molar-refractivity contribution < 1.29 is 0 Å². The van der Waals surface area contributed by atoms with Gasteiger partial charge in [0.25, 0.3) is 5.56 Å². The van der Waals surface area contributed by atoms with Crippen molar-refractivity contribution in [2.75, 3.05) is 31.1 Å². The average molecular weight is 353 g/mol. The molecule has 2 aromatic rings. The van der Waals surface area contributed by atoms with Crippen molar-refractivity contribution in [2.24, 2.45) is 14.1 Å². The molecular weight excluding hydrogens is 332 g/mol. The van der Waals surface area contributed by atoms with Gasteiger partial charge in [0.1, 0.15) is 0 Å². The zero-order chi connectivity index (χ0) is 17.4. The number of allylic oxidation sites excluding steroid dienone is 2. The summed E-state index contributed by atoms with van der Waals surface area (Å²) >= 11 is 5.98. The summed E-state index contributed by atoms with van der Waals surface area (Å²) in [5, 5.41) is 3.94. The lowest BCUT2D eigenvalue weighted by Gasteiger charge is -2.28. The van der Waals surface area contributed by atoms with Gasteiger partial charge in [-0.25, -0.2) is 4.79 Å². The molecule has 24 heavy (non-hydrogen) atoms. The Hall–Kier alpha value is -2.06. The van der Waals surface area contributed by atoms with E-state index in [2.05, 4.69) is 15.2 Å². The highest BCUT2D eigenvalue weighted by molar-refractivity contribution is 6.29. The predicted octanol–water partition coefficient (Wildman–Crippen LogP) is -0.0141.